The molecule has 13 heavy (non-hydrogen) atoms. The minimum Gasteiger partial charge on any atom is -0.492 e. The van der Waals surface area contributed by atoms with Crippen LogP contribution in [0.1, 0.15) is 17.5 Å². The predicted molar refractivity (Wildman–Crippen MR) is 48.2 cm³/mol. The summed E-state index contributed by atoms with van der Waals surface area (Å²) in [5.41, 5.74) is 1.41. The van der Waals surface area contributed by atoms with Crippen LogP contribution in [0.2, 0.25) is 0 Å². The number of rotatable bonds is 0. The first-order valence-electron chi connectivity index (χ1n) is 4.23. The Kier molecular flexibility index (Phi) is 1.94. The molecule has 0 aliphatic carbocycles. The Morgan fingerprint density at radius 3 is 3.08 bits per heavy atom. The molecule has 2 heteroatoms. The molecule has 1 aromatic carbocycles. The Morgan fingerprint density at radius 2 is 2.31 bits per heavy atom. The molecule has 1 aliphatic heterocycles. The minimum absolute atomic E-state index is 0.280. The van der Waals surface area contributed by atoms with Gasteiger partial charge in [0.05, 0.1) is 12.2 Å². The van der Waals surface area contributed by atoms with Crippen molar-refractivity contribution in [3.8, 4) is 18.1 Å². The summed E-state index contributed by atoms with van der Waals surface area (Å²) in [4.78, 5) is 0. The van der Waals surface area contributed by atoms with Crippen LogP contribution in [0.5, 0.6) is 5.75 Å². The summed E-state index contributed by atoms with van der Waals surface area (Å²) < 4.78 is 18.4. The molecule has 2 rings (SSSR count). The van der Waals surface area contributed by atoms with Crippen molar-refractivity contribution in [2.24, 2.45) is 0 Å². The maximum atomic E-state index is 13.0. The van der Waals surface area contributed by atoms with Crippen LogP contribution in [0.4, 0.5) is 4.39 Å². The maximum Gasteiger partial charge on any atom is 0.138 e. The van der Waals surface area contributed by atoms with E-state index in [1.165, 1.54) is 12.1 Å². The number of fused-ring (bicyclic) bond motifs is 1. The highest BCUT2D eigenvalue weighted by Crippen LogP contribution is 2.29. The second-order valence-corrected chi connectivity index (χ2v) is 3.04. The van der Waals surface area contributed by atoms with Crippen molar-refractivity contribution < 1.29 is 9.13 Å². The van der Waals surface area contributed by atoms with E-state index >= 15 is 0 Å². The molecule has 0 atom stereocenters. The molecule has 1 aromatic rings. The van der Waals surface area contributed by atoms with Gasteiger partial charge in [-0.2, -0.15) is 0 Å². The van der Waals surface area contributed by atoms with Crippen LogP contribution in [0.25, 0.3) is 0 Å². The first kappa shape index (κ1) is 8.12. The summed E-state index contributed by atoms with van der Waals surface area (Å²) in [7, 11) is 0. The Hall–Kier alpha value is -1.49. The van der Waals surface area contributed by atoms with E-state index in [4.69, 9.17) is 11.2 Å². The summed E-state index contributed by atoms with van der Waals surface area (Å²) >= 11 is 0. The van der Waals surface area contributed by atoms with E-state index in [0.717, 1.165) is 18.4 Å². The SMILES string of the molecule is C#Cc1cc(F)cc2c1OCCC2. The fourth-order valence-electron chi connectivity index (χ4n) is 1.55. The lowest BCUT2D eigenvalue weighted by atomic mass is 10.0. The topological polar surface area (TPSA) is 9.23 Å². The third kappa shape index (κ3) is 1.38. The van der Waals surface area contributed by atoms with Gasteiger partial charge in [0.15, 0.2) is 0 Å². The van der Waals surface area contributed by atoms with Crippen LogP contribution in [0.3, 0.4) is 0 Å². The summed E-state index contributed by atoms with van der Waals surface area (Å²) in [6.07, 6.45) is 7.03. The highest BCUT2D eigenvalue weighted by molar-refractivity contribution is 5.51. The molecular weight excluding hydrogens is 167 g/mol. The van der Waals surface area contributed by atoms with Crippen LogP contribution in [0, 0.1) is 18.2 Å². The average molecular weight is 176 g/mol. The third-order valence-corrected chi connectivity index (χ3v) is 2.12. The molecule has 0 fully saturated rings. The molecule has 1 nitrogen and oxygen atoms in total. The minimum atomic E-state index is -0.280. The zero-order chi connectivity index (χ0) is 9.26. The van der Waals surface area contributed by atoms with E-state index < -0.39 is 0 Å². The Bertz CT molecular complexity index is 376. The van der Waals surface area contributed by atoms with Gasteiger partial charge >= 0.3 is 0 Å². The van der Waals surface area contributed by atoms with Gasteiger partial charge in [0.1, 0.15) is 11.6 Å². The van der Waals surface area contributed by atoms with E-state index in [1.54, 1.807) is 0 Å². The van der Waals surface area contributed by atoms with Gasteiger partial charge in [0.25, 0.3) is 0 Å². The lowest BCUT2D eigenvalue weighted by molar-refractivity contribution is 0.286. The largest absolute Gasteiger partial charge is 0.492 e. The Labute approximate surface area is 76.5 Å². The molecule has 1 aliphatic rings. The van der Waals surface area contributed by atoms with Gasteiger partial charge in [-0.15, -0.1) is 6.42 Å². The number of halogens is 1. The van der Waals surface area contributed by atoms with Crippen LogP contribution in [-0.2, 0) is 6.42 Å². The Balaban J connectivity index is 2.58. The van der Waals surface area contributed by atoms with E-state index in [0.29, 0.717) is 17.9 Å². The smallest absolute Gasteiger partial charge is 0.138 e. The van der Waals surface area contributed by atoms with Crippen LogP contribution in [0.15, 0.2) is 12.1 Å². The van der Waals surface area contributed by atoms with E-state index in [9.17, 15) is 4.39 Å². The monoisotopic (exact) mass is 176 g/mol. The fraction of sp³-hybridized carbons (Fsp3) is 0.273. The van der Waals surface area contributed by atoms with E-state index in [-0.39, 0.29) is 5.82 Å². The number of ether oxygens (including phenoxy) is 1. The quantitative estimate of drug-likeness (QED) is 0.550. The van der Waals surface area contributed by atoms with Gasteiger partial charge < -0.3 is 4.74 Å². The summed E-state index contributed by atoms with van der Waals surface area (Å²) in [6.45, 7) is 0.674. The molecule has 1 heterocycles. The summed E-state index contributed by atoms with van der Waals surface area (Å²) in [6, 6.07) is 2.83. The van der Waals surface area contributed by atoms with Gasteiger partial charge in [-0.3, -0.25) is 0 Å². The molecule has 0 saturated carbocycles. The molecule has 0 saturated heterocycles. The summed E-state index contributed by atoms with van der Waals surface area (Å²) in [5, 5.41) is 0. The fourth-order valence-corrected chi connectivity index (χ4v) is 1.55. The second kappa shape index (κ2) is 3.10. The zero-order valence-corrected chi connectivity index (χ0v) is 7.14. The molecule has 0 amide bonds. The molecule has 0 unspecified atom stereocenters. The highest BCUT2D eigenvalue weighted by Gasteiger charge is 2.14. The molecule has 66 valence electrons. The number of benzene rings is 1. The van der Waals surface area contributed by atoms with Crippen molar-refractivity contribution in [2.75, 3.05) is 6.61 Å². The second-order valence-electron chi connectivity index (χ2n) is 3.04. The maximum absolute atomic E-state index is 13.0. The van der Waals surface area contributed by atoms with Gasteiger partial charge in [0, 0.05) is 0 Å². The molecular formula is C11H9FO. The van der Waals surface area contributed by atoms with Gasteiger partial charge in [0.2, 0.25) is 0 Å². The van der Waals surface area contributed by atoms with Crippen molar-refractivity contribution >= 4 is 0 Å². The molecule has 0 radical (unpaired) electrons. The summed E-state index contributed by atoms with van der Waals surface area (Å²) in [5.74, 6) is 2.84. The predicted octanol–water partition coefficient (Wildman–Crippen LogP) is 2.13. The van der Waals surface area contributed by atoms with Crippen LogP contribution in [-0.4, -0.2) is 6.61 Å². The van der Waals surface area contributed by atoms with Crippen molar-refractivity contribution in [1.29, 1.82) is 0 Å². The highest BCUT2D eigenvalue weighted by atomic mass is 19.1. The Morgan fingerprint density at radius 1 is 1.46 bits per heavy atom. The van der Waals surface area contributed by atoms with E-state index in [1.807, 2.05) is 0 Å². The molecule has 0 bridgehead atoms. The van der Waals surface area contributed by atoms with Crippen molar-refractivity contribution in [3.63, 3.8) is 0 Å². The van der Waals surface area contributed by atoms with Crippen molar-refractivity contribution in [2.45, 2.75) is 12.8 Å². The van der Waals surface area contributed by atoms with E-state index in [2.05, 4.69) is 5.92 Å². The van der Waals surface area contributed by atoms with Gasteiger partial charge in [-0.25, -0.2) is 4.39 Å². The number of hydrogen-bond acceptors (Lipinski definition) is 1. The lowest BCUT2D eigenvalue weighted by Crippen LogP contribution is -2.10. The molecule has 0 aromatic heterocycles. The van der Waals surface area contributed by atoms with Crippen molar-refractivity contribution in [3.05, 3.63) is 29.1 Å². The average Bonchev–Trinajstić information content (AvgIpc) is 2.16. The number of terminal acetylenes is 1. The lowest BCUT2D eigenvalue weighted by Gasteiger charge is -2.18. The molecule has 0 spiro atoms. The van der Waals surface area contributed by atoms with Crippen LogP contribution >= 0.6 is 0 Å². The first-order chi connectivity index (χ1) is 6.31. The third-order valence-electron chi connectivity index (χ3n) is 2.12. The normalized spacial score (nSPS) is 14.2. The number of hydrogen-bond donors (Lipinski definition) is 0. The van der Waals surface area contributed by atoms with Crippen molar-refractivity contribution in [1.82, 2.24) is 0 Å². The van der Waals surface area contributed by atoms with Gasteiger partial charge in [-0.05, 0) is 30.5 Å². The molecule has 0 N–H and O–H groups in total. The standard InChI is InChI=1S/C11H9FO/c1-2-8-6-10(12)7-9-4-3-5-13-11(8)9/h1,6-7H,3-5H2. The first-order valence-corrected chi connectivity index (χ1v) is 4.23. The number of aryl methyl sites for hydroxylation is 1. The zero-order valence-electron chi connectivity index (χ0n) is 7.14. The van der Waals surface area contributed by atoms with Gasteiger partial charge in [-0.1, -0.05) is 5.92 Å². The van der Waals surface area contributed by atoms with Crippen LogP contribution < -0.4 is 4.74 Å².